The Kier molecular flexibility index (Phi) is 1.83. The zero-order valence-corrected chi connectivity index (χ0v) is 7.50. The van der Waals surface area contributed by atoms with E-state index in [0.29, 0.717) is 0 Å². The Bertz CT molecular complexity index is 246. The highest BCUT2D eigenvalue weighted by molar-refractivity contribution is 5.90. The van der Waals surface area contributed by atoms with Gasteiger partial charge in [-0.2, -0.15) is 5.10 Å². The highest BCUT2D eigenvalue weighted by atomic mass is 16.3. The lowest BCUT2D eigenvalue weighted by molar-refractivity contribution is -0.0618. The van der Waals surface area contributed by atoms with Crippen molar-refractivity contribution in [3.8, 4) is 0 Å². The second-order valence-corrected chi connectivity index (χ2v) is 3.25. The van der Waals surface area contributed by atoms with E-state index < -0.39 is 5.72 Å². The number of nitrogens with zero attached hydrogens (tertiary/aromatic N) is 2. The Balaban J connectivity index is 2.99. The molecule has 1 rings (SSSR count). The fourth-order valence-electron chi connectivity index (χ4n) is 1.22. The summed E-state index contributed by atoms with van der Waals surface area (Å²) in [4.78, 5) is 0. The summed E-state index contributed by atoms with van der Waals surface area (Å²) in [5.74, 6) is -0.329. The van der Waals surface area contributed by atoms with Gasteiger partial charge in [-0.3, -0.25) is 5.41 Å². The monoisotopic (exact) mass is 170 g/mol. The van der Waals surface area contributed by atoms with Crippen LogP contribution in [0, 0.1) is 11.3 Å². The first kappa shape index (κ1) is 8.99. The molecule has 0 bridgehead atoms. The lowest BCUT2D eigenvalue weighted by Crippen LogP contribution is -2.49. The average molecular weight is 170 g/mol. The molecule has 1 aliphatic heterocycles. The molecule has 1 heterocycles. The van der Waals surface area contributed by atoms with Crippen LogP contribution < -0.4 is 5.73 Å². The van der Waals surface area contributed by atoms with Gasteiger partial charge in [0.2, 0.25) is 5.96 Å². The van der Waals surface area contributed by atoms with Gasteiger partial charge >= 0.3 is 0 Å². The molecule has 0 amide bonds. The molecule has 4 N–H and O–H groups in total. The van der Waals surface area contributed by atoms with Gasteiger partial charge in [0.25, 0.3) is 0 Å². The normalized spacial score (nSPS) is 35.2. The third-order valence-electron chi connectivity index (χ3n) is 2.36. The summed E-state index contributed by atoms with van der Waals surface area (Å²) in [6.07, 6.45) is 0. The van der Waals surface area contributed by atoms with Gasteiger partial charge in [-0.1, -0.05) is 6.92 Å². The minimum Gasteiger partial charge on any atom is -0.369 e. The third-order valence-corrected chi connectivity index (χ3v) is 2.36. The molecule has 0 fully saturated rings. The zero-order valence-electron chi connectivity index (χ0n) is 7.50. The van der Waals surface area contributed by atoms with Crippen molar-refractivity contribution >= 4 is 11.7 Å². The molecule has 2 atom stereocenters. The molecule has 0 spiro atoms. The molecule has 0 unspecified atom stereocenters. The summed E-state index contributed by atoms with van der Waals surface area (Å²) < 4.78 is 0. The number of hydrogen-bond donors (Lipinski definition) is 3. The third kappa shape index (κ3) is 1.06. The molecule has 0 saturated heterocycles. The van der Waals surface area contributed by atoms with E-state index >= 15 is 0 Å². The van der Waals surface area contributed by atoms with Crippen LogP contribution in [0.1, 0.15) is 20.8 Å². The fraction of sp³-hybridized carbons (Fsp3) is 0.714. The SMILES string of the molecule is CC1=NN(C(=N)N)[C@@](C)(O)[C@@H]1C. The van der Waals surface area contributed by atoms with E-state index in [4.69, 9.17) is 11.1 Å². The van der Waals surface area contributed by atoms with Crippen molar-refractivity contribution in [2.45, 2.75) is 26.5 Å². The number of guanidine groups is 1. The van der Waals surface area contributed by atoms with Gasteiger partial charge in [0.15, 0.2) is 5.72 Å². The summed E-state index contributed by atoms with van der Waals surface area (Å²) >= 11 is 0. The maximum atomic E-state index is 9.85. The maximum absolute atomic E-state index is 9.85. The second kappa shape index (κ2) is 2.45. The molecule has 0 aromatic carbocycles. The quantitative estimate of drug-likeness (QED) is 0.351. The van der Waals surface area contributed by atoms with Crippen molar-refractivity contribution in [2.24, 2.45) is 16.8 Å². The zero-order chi connectivity index (χ0) is 9.52. The molecule has 12 heavy (non-hydrogen) atoms. The molecule has 1 aliphatic rings. The van der Waals surface area contributed by atoms with Crippen molar-refractivity contribution in [3.05, 3.63) is 0 Å². The van der Waals surface area contributed by atoms with Crippen LogP contribution in [-0.2, 0) is 0 Å². The molecular weight excluding hydrogens is 156 g/mol. The molecule has 0 radical (unpaired) electrons. The van der Waals surface area contributed by atoms with Crippen molar-refractivity contribution in [2.75, 3.05) is 0 Å². The van der Waals surface area contributed by atoms with Crippen LogP contribution in [0.3, 0.4) is 0 Å². The van der Waals surface area contributed by atoms with E-state index in [0.717, 1.165) is 10.7 Å². The topological polar surface area (TPSA) is 85.7 Å². The molecule has 0 saturated carbocycles. The van der Waals surface area contributed by atoms with E-state index in [1.165, 1.54) is 0 Å². The molecule has 68 valence electrons. The highest BCUT2D eigenvalue weighted by Crippen LogP contribution is 2.29. The predicted molar refractivity (Wildman–Crippen MR) is 46.6 cm³/mol. The van der Waals surface area contributed by atoms with Crippen LogP contribution in [0.5, 0.6) is 0 Å². The first-order valence-electron chi connectivity index (χ1n) is 3.79. The number of aliphatic hydroxyl groups is 1. The van der Waals surface area contributed by atoms with Crippen LogP contribution >= 0.6 is 0 Å². The maximum Gasteiger partial charge on any atom is 0.211 e. The Morgan fingerprint density at radius 2 is 2.33 bits per heavy atom. The number of nitrogens with two attached hydrogens (primary N) is 1. The van der Waals surface area contributed by atoms with Gasteiger partial charge in [0, 0.05) is 11.6 Å². The van der Waals surface area contributed by atoms with Crippen molar-refractivity contribution < 1.29 is 5.11 Å². The largest absolute Gasteiger partial charge is 0.369 e. The number of rotatable bonds is 0. The number of hydrazone groups is 1. The molecule has 0 aliphatic carbocycles. The van der Waals surface area contributed by atoms with Crippen LogP contribution in [0.2, 0.25) is 0 Å². The first-order valence-corrected chi connectivity index (χ1v) is 3.79. The van der Waals surface area contributed by atoms with Crippen molar-refractivity contribution in [1.29, 1.82) is 5.41 Å². The van der Waals surface area contributed by atoms with Gasteiger partial charge in [-0.15, -0.1) is 0 Å². The van der Waals surface area contributed by atoms with Crippen LogP contribution in [-0.4, -0.2) is 27.5 Å². The molecule has 0 aromatic rings. The fourth-order valence-corrected chi connectivity index (χ4v) is 1.22. The van der Waals surface area contributed by atoms with Crippen LogP contribution in [0.25, 0.3) is 0 Å². The molecule has 5 nitrogen and oxygen atoms in total. The first-order chi connectivity index (χ1) is 5.37. The smallest absolute Gasteiger partial charge is 0.211 e. The summed E-state index contributed by atoms with van der Waals surface area (Å²) in [6.45, 7) is 5.25. The van der Waals surface area contributed by atoms with Crippen LogP contribution in [0.4, 0.5) is 0 Å². The van der Waals surface area contributed by atoms with Crippen molar-refractivity contribution in [3.63, 3.8) is 0 Å². The van der Waals surface area contributed by atoms with Gasteiger partial charge in [0.1, 0.15) is 0 Å². The summed E-state index contributed by atoms with van der Waals surface area (Å²) in [6, 6.07) is 0. The van der Waals surface area contributed by atoms with Crippen LogP contribution in [0.15, 0.2) is 5.10 Å². The van der Waals surface area contributed by atoms with E-state index in [2.05, 4.69) is 5.10 Å². The predicted octanol–water partition coefficient (Wildman–Crippen LogP) is -0.0840. The second-order valence-electron chi connectivity index (χ2n) is 3.25. The van der Waals surface area contributed by atoms with E-state index in [9.17, 15) is 5.11 Å². The summed E-state index contributed by atoms with van der Waals surface area (Å²) in [5.41, 5.74) is 4.87. The lowest BCUT2D eigenvalue weighted by Gasteiger charge is -2.30. The highest BCUT2D eigenvalue weighted by Gasteiger charge is 2.43. The molecule has 0 aromatic heterocycles. The summed E-state index contributed by atoms with van der Waals surface area (Å²) in [7, 11) is 0. The van der Waals surface area contributed by atoms with Gasteiger partial charge in [-0.25, -0.2) is 5.01 Å². The van der Waals surface area contributed by atoms with Gasteiger partial charge in [0.05, 0.1) is 0 Å². The Morgan fingerprint density at radius 3 is 2.50 bits per heavy atom. The van der Waals surface area contributed by atoms with E-state index in [-0.39, 0.29) is 11.9 Å². The Morgan fingerprint density at radius 1 is 1.83 bits per heavy atom. The Hall–Kier alpha value is -1.10. The van der Waals surface area contributed by atoms with Gasteiger partial charge in [-0.05, 0) is 13.8 Å². The van der Waals surface area contributed by atoms with E-state index in [1.807, 2.05) is 13.8 Å². The lowest BCUT2D eigenvalue weighted by atomic mass is 9.96. The van der Waals surface area contributed by atoms with Crippen molar-refractivity contribution in [1.82, 2.24) is 5.01 Å². The number of hydrogen-bond acceptors (Lipinski definition) is 3. The molecule has 5 heteroatoms. The average Bonchev–Trinajstić information content (AvgIpc) is 2.13. The van der Waals surface area contributed by atoms with E-state index in [1.54, 1.807) is 6.92 Å². The molecular formula is C7H14N4O. The summed E-state index contributed by atoms with van der Waals surface area (Å²) in [5, 5.41) is 22.1. The number of nitrogens with one attached hydrogen (secondary N) is 1. The van der Waals surface area contributed by atoms with Gasteiger partial charge < -0.3 is 10.8 Å². The minimum atomic E-state index is -1.16. The minimum absolute atomic E-state index is 0.0959. The standard InChI is InChI=1S/C7H14N4O/c1-4-5(2)10-11(6(8)9)7(4,3)12/h4,12H,1-3H3,(H3,8,9)/t4-,7+/m1/s1. The Labute approximate surface area is 71.4 Å².